The van der Waals surface area contributed by atoms with Crippen LogP contribution in [0.15, 0.2) is 30.5 Å². The highest BCUT2D eigenvalue weighted by atomic mass is 14.9. The zero-order valence-corrected chi connectivity index (χ0v) is 10.4. The van der Waals surface area contributed by atoms with Gasteiger partial charge in [-0.25, -0.2) is 0 Å². The Hall–Kier alpha value is -1.32. The SMILES string of the molecule is CCC(CN)CNCc1c[nH]c2ccccc12. The van der Waals surface area contributed by atoms with Crippen LogP contribution in [0.1, 0.15) is 18.9 Å². The first-order valence-electron chi connectivity index (χ1n) is 6.31. The van der Waals surface area contributed by atoms with E-state index in [4.69, 9.17) is 5.73 Å². The molecule has 17 heavy (non-hydrogen) atoms. The Bertz CT molecular complexity index is 457. The third-order valence-electron chi connectivity index (χ3n) is 3.33. The van der Waals surface area contributed by atoms with Crippen molar-refractivity contribution in [1.29, 1.82) is 0 Å². The van der Waals surface area contributed by atoms with Gasteiger partial charge >= 0.3 is 0 Å². The van der Waals surface area contributed by atoms with Gasteiger partial charge in [-0.3, -0.25) is 0 Å². The van der Waals surface area contributed by atoms with E-state index in [9.17, 15) is 0 Å². The van der Waals surface area contributed by atoms with Crippen LogP contribution in [0.2, 0.25) is 0 Å². The molecule has 3 nitrogen and oxygen atoms in total. The zero-order valence-electron chi connectivity index (χ0n) is 10.4. The van der Waals surface area contributed by atoms with E-state index >= 15 is 0 Å². The Morgan fingerprint density at radius 2 is 2.18 bits per heavy atom. The van der Waals surface area contributed by atoms with Crippen molar-refractivity contribution in [3.05, 3.63) is 36.0 Å². The molecule has 0 aliphatic heterocycles. The molecular weight excluding hydrogens is 210 g/mol. The van der Waals surface area contributed by atoms with E-state index < -0.39 is 0 Å². The van der Waals surface area contributed by atoms with E-state index in [1.807, 2.05) is 0 Å². The molecule has 92 valence electrons. The van der Waals surface area contributed by atoms with Gasteiger partial charge in [0.1, 0.15) is 0 Å². The van der Waals surface area contributed by atoms with Crippen molar-refractivity contribution in [2.75, 3.05) is 13.1 Å². The van der Waals surface area contributed by atoms with Crippen LogP contribution < -0.4 is 11.1 Å². The van der Waals surface area contributed by atoms with Crippen molar-refractivity contribution in [3.63, 3.8) is 0 Å². The highest BCUT2D eigenvalue weighted by molar-refractivity contribution is 5.82. The summed E-state index contributed by atoms with van der Waals surface area (Å²) in [6, 6.07) is 8.39. The smallest absolute Gasteiger partial charge is 0.0457 e. The van der Waals surface area contributed by atoms with Crippen molar-refractivity contribution in [2.45, 2.75) is 19.9 Å². The van der Waals surface area contributed by atoms with E-state index in [0.717, 1.165) is 26.1 Å². The van der Waals surface area contributed by atoms with Gasteiger partial charge in [0.05, 0.1) is 0 Å². The molecule has 1 aromatic heterocycles. The lowest BCUT2D eigenvalue weighted by Gasteiger charge is -2.12. The third kappa shape index (κ3) is 2.87. The Balaban J connectivity index is 1.95. The van der Waals surface area contributed by atoms with Crippen molar-refractivity contribution < 1.29 is 0 Å². The fraction of sp³-hybridized carbons (Fsp3) is 0.429. The van der Waals surface area contributed by atoms with Crippen LogP contribution in [0.5, 0.6) is 0 Å². The first-order chi connectivity index (χ1) is 8.35. The molecule has 2 aromatic rings. The van der Waals surface area contributed by atoms with Gasteiger partial charge in [-0.05, 0) is 30.6 Å². The number of para-hydroxylation sites is 1. The van der Waals surface area contributed by atoms with Crippen LogP contribution in [-0.2, 0) is 6.54 Å². The zero-order chi connectivity index (χ0) is 12.1. The summed E-state index contributed by atoms with van der Waals surface area (Å²) >= 11 is 0. The summed E-state index contributed by atoms with van der Waals surface area (Å²) in [6.45, 7) is 4.84. The first kappa shape index (κ1) is 12.1. The minimum Gasteiger partial charge on any atom is -0.361 e. The fourth-order valence-electron chi connectivity index (χ4n) is 2.08. The maximum atomic E-state index is 5.69. The Kier molecular flexibility index (Phi) is 4.18. The molecule has 0 amide bonds. The maximum Gasteiger partial charge on any atom is 0.0457 e. The number of fused-ring (bicyclic) bond motifs is 1. The summed E-state index contributed by atoms with van der Waals surface area (Å²) in [4.78, 5) is 3.29. The van der Waals surface area contributed by atoms with Crippen molar-refractivity contribution in [2.24, 2.45) is 11.7 Å². The number of aromatic nitrogens is 1. The first-order valence-corrected chi connectivity index (χ1v) is 6.31. The van der Waals surface area contributed by atoms with Crippen LogP contribution in [0, 0.1) is 5.92 Å². The highest BCUT2D eigenvalue weighted by Crippen LogP contribution is 2.17. The average Bonchev–Trinajstić information content (AvgIpc) is 2.78. The quantitative estimate of drug-likeness (QED) is 0.714. The second-order valence-corrected chi connectivity index (χ2v) is 4.50. The molecule has 0 spiro atoms. The van der Waals surface area contributed by atoms with Gasteiger partial charge in [0.25, 0.3) is 0 Å². The van der Waals surface area contributed by atoms with Crippen LogP contribution in [0.4, 0.5) is 0 Å². The number of aromatic amines is 1. The van der Waals surface area contributed by atoms with Crippen molar-refractivity contribution >= 4 is 10.9 Å². The second-order valence-electron chi connectivity index (χ2n) is 4.50. The molecule has 0 aliphatic rings. The van der Waals surface area contributed by atoms with Gasteiger partial charge in [0, 0.05) is 23.6 Å². The summed E-state index contributed by atoms with van der Waals surface area (Å²) < 4.78 is 0. The molecule has 4 N–H and O–H groups in total. The Morgan fingerprint density at radius 1 is 1.35 bits per heavy atom. The van der Waals surface area contributed by atoms with Crippen LogP contribution in [-0.4, -0.2) is 18.1 Å². The predicted molar refractivity (Wildman–Crippen MR) is 72.8 cm³/mol. The molecular formula is C14H21N3. The highest BCUT2D eigenvalue weighted by Gasteiger charge is 2.05. The lowest BCUT2D eigenvalue weighted by atomic mass is 10.1. The molecule has 3 heteroatoms. The largest absolute Gasteiger partial charge is 0.361 e. The molecule has 0 radical (unpaired) electrons. The van der Waals surface area contributed by atoms with Gasteiger partial charge < -0.3 is 16.0 Å². The predicted octanol–water partition coefficient (Wildman–Crippen LogP) is 2.24. The summed E-state index contributed by atoms with van der Waals surface area (Å²) in [5, 5.41) is 4.79. The Labute approximate surface area is 102 Å². The summed E-state index contributed by atoms with van der Waals surface area (Å²) in [6.07, 6.45) is 3.22. The average molecular weight is 231 g/mol. The molecule has 2 rings (SSSR count). The maximum absolute atomic E-state index is 5.69. The molecule has 0 saturated carbocycles. The molecule has 1 unspecified atom stereocenters. The number of hydrogen-bond acceptors (Lipinski definition) is 2. The molecule has 0 bridgehead atoms. The lowest BCUT2D eigenvalue weighted by Crippen LogP contribution is -2.27. The van der Waals surface area contributed by atoms with Gasteiger partial charge in [0.2, 0.25) is 0 Å². The standard InChI is InChI=1S/C14H21N3/c1-2-11(7-15)8-16-9-12-10-17-14-6-4-3-5-13(12)14/h3-6,10-11,16-17H,2,7-9,15H2,1H3. The van der Waals surface area contributed by atoms with E-state index in [0.29, 0.717) is 5.92 Å². The van der Waals surface area contributed by atoms with Crippen molar-refractivity contribution in [1.82, 2.24) is 10.3 Å². The van der Waals surface area contributed by atoms with E-state index in [2.05, 4.69) is 47.7 Å². The number of H-pyrrole nitrogens is 1. The monoisotopic (exact) mass is 231 g/mol. The van der Waals surface area contributed by atoms with Crippen LogP contribution in [0.3, 0.4) is 0 Å². The number of nitrogens with one attached hydrogen (secondary N) is 2. The summed E-state index contributed by atoms with van der Waals surface area (Å²) in [7, 11) is 0. The van der Waals surface area contributed by atoms with E-state index in [-0.39, 0.29) is 0 Å². The topological polar surface area (TPSA) is 53.8 Å². The van der Waals surface area contributed by atoms with Crippen LogP contribution >= 0.6 is 0 Å². The molecule has 0 aliphatic carbocycles. The minimum atomic E-state index is 0.584. The fourth-order valence-corrected chi connectivity index (χ4v) is 2.08. The van der Waals surface area contributed by atoms with Gasteiger partial charge in [-0.1, -0.05) is 31.5 Å². The third-order valence-corrected chi connectivity index (χ3v) is 3.33. The molecule has 0 saturated heterocycles. The van der Waals surface area contributed by atoms with Crippen LogP contribution in [0.25, 0.3) is 10.9 Å². The van der Waals surface area contributed by atoms with Gasteiger partial charge in [-0.2, -0.15) is 0 Å². The molecule has 1 atom stereocenters. The van der Waals surface area contributed by atoms with E-state index in [1.165, 1.54) is 16.5 Å². The molecule has 1 heterocycles. The lowest BCUT2D eigenvalue weighted by molar-refractivity contribution is 0.472. The molecule has 1 aromatic carbocycles. The number of rotatable bonds is 6. The number of benzene rings is 1. The number of hydrogen-bond donors (Lipinski definition) is 3. The number of nitrogens with two attached hydrogens (primary N) is 1. The summed E-state index contributed by atoms with van der Waals surface area (Å²) in [5.74, 6) is 0.584. The summed E-state index contributed by atoms with van der Waals surface area (Å²) in [5.41, 5.74) is 8.22. The van der Waals surface area contributed by atoms with Gasteiger partial charge in [-0.15, -0.1) is 0 Å². The van der Waals surface area contributed by atoms with E-state index in [1.54, 1.807) is 0 Å². The minimum absolute atomic E-state index is 0.584. The van der Waals surface area contributed by atoms with Gasteiger partial charge in [0.15, 0.2) is 0 Å². The normalized spacial score (nSPS) is 13.1. The second kappa shape index (κ2) is 5.84. The Morgan fingerprint density at radius 3 is 2.94 bits per heavy atom. The molecule has 0 fully saturated rings. The van der Waals surface area contributed by atoms with Crippen molar-refractivity contribution in [3.8, 4) is 0 Å².